The summed E-state index contributed by atoms with van der Waals surface area (Å²) >= 11 is 0. The summed E-state index contributed by atoms with van der Waals surface area (Å²) in [7, 11) is 0. The molecule has 0 aliphatic heterocycles. The molecule has 0 fully saturated rings. The SMILES string of the molecule is CC(C)(C)N(C(=O)O)[C@@H]1CCCc2nccnc21. The van der Waals surface area contributed by atoms with Crippen LogP contribution in [0.3, 0.4) is 0 Å². The third kappa shape index (κ3) is 2.30. The fourth-order valence-corrected chi connectivity index (χ4v) is 2.59. The monoisotopic (exact) mass is 249 g/mol. The molecule has 98 valence electrons. The Labute approximate surface area is 107 Å². The van der Waals surface area contributed by atoms with Crippen LogP contribution in [-0.2, 0) is 6.42 Å². The molecule has 0 unspecified atom stereocenters. The Morgan fingerprint density at radius 2 is 2.06 bits per heavy atom. The second-order valence-electron chi connectivity index (χ2n) is 5.62. The van der Waals surface area contributed by atoms with E-state index in [2.05, 4.69) is 9.97 Å². The lowest BCUT2D eigenvalue weighted by atomic mass is 9.91. The highest BCUT2D eigenvalue weighted by Gasteiger charge is 2.37. The topological polar surface area (TPSA) is 66.3 Å². The molecule has 1 N–H and O–H groups in total. The molecule has 5 heteroatoms. The van der Waals surface area contributed by atoms with Gasteiger partial charge in [-0.15, -0.1) is 0 Å². The van der Waals surface area contributed by atoms with Crippen molar-refractivity contribution < 1.29 is 9.90 Å². The predicted octanol–water partition coefficient (Wildman–Crippen LogP) is 2.63. The van der Waals surface area contributed by atoms with Crippen LogP contribution in [0.2, 0.25) is 0 Å². The van der Waals surface area contributed by atoms with Crippen LogP contribution in [0, 0.1) is 0 Å². The van der Waals surface area contributed by atoms with E-state index in [0.717, 1.165) is 30.7 Å². The molecule has 2 rings (SSSR count). The Balaban J connectivity index is 2.42. The van der Waals surface area contributed by atoms with E-state index in [1.165, 1.54) is 4.90 Å². The molecule has 1 aromatic heterocycles. The third-order valence-electron chi connectivity index (χ3n) is 3.25. The number of aryl methyl sites for hydroxylation is 1. The van der Waals surface area contributed by atoms with Crippen molar-refractivity contribution in [3.63, 3.8) is 0 Å². The summed E-state index contributed by atoms with van der Waals surface area (Å²) in [4.78, 5) is 21.7. The van der Waals surface area contributed by atoms with Gasteiger partial charge in [-0.1, -0.05) is 0 Å². The number of nitrogens with zero attached hydrogens (tertiary/aromatic N) is 3. The molecular formula is C13H19N3O2. The minimum absolute atomic E-state index is 0.181. The van der Waals surface area contributed by atoms with Gasteiger partial charge in [-0.05, 0) is 40.0 Å². The highest BCUT2D eigenvalue weighted by molar-refractivity contribution is 5.67. The number of hydrogen-bond acceptors (Lipinski definition) is 3. The van der Waals surface area contributed by atoms with E-state index in [0.29, 0.717) is 0 Å². The Bertz CT molecular complexity index is 454. The lowest BCUT2D eigenvalue weighted by Crippen LogP contribution is -2.48. The molecule has 0 aromatic carbocycles. The molecular weight excluding hydrogens is 230 g/mol. The molecule has 1 aliphatic rings. The predicted molar refractivity (Wildman–Crippen MR) is 67.3 cm³/mol. The first-order valence-electron chi connectivity index (χ1n) is 6.23. The maximum atomic E-state index is 11.5. The molecule has 0 radical (unpaired) electrons. The van der Waals surface area contributed by atoms with Crippen LogP contribution in [0.1, 0.15) is 51.0 Å². The maximum absolute atomic E-state index is 11.5. The lowest BCUT2D eigenvalue weighted by molar-refractivity contribution is 0.0619. The van der Waals surface area contributed by atoms with Crippen molar-refractivity contribution in [2.75, 3.05) is 0 Å². The molecule has 1 amide bonds. The molecule has 0 saturated heterocycles. The largest absolute Gasteiger partial charge is 0.465 e. The number of fused-ring (bicyclic) bond motifs is 1. The van der Waals surface area contributed by atoms with E-state index in [9.17, 15) is 9.90 Å². The second kappa shape index (κ2) is 4.55. The molecule has 5 nitrogen and oxygen atoms in total. The Morgan fingerprint density at radius 3 is 2.67 bits per heavy atom. The summed E-state index contributed by atoms with van der Waals surface area (Å²) in [6.07, 6.45) is 5.07. The Kier molecular flexibility index (Phi) is 3.24. The van der Waals surface area contributed by atoms with Crippen LogP contribution in [0.25, 0.3) is 0 Å². The zero-order valence-electron chi connectivity index (χ0n) is 11.1. The van der Waals surface area contributed by atoms with Gasteiger partial charge in [-0.2, -0.15) is 0 Å². The Hall–Kier alpha value is -1.65. The van der Waals surface area contributed by atoms with Crippen molar-refractivity contribution in [1.82, 2.24) is 14.9 Å². The smallest absolute Gasteiger partial charge is 0.408 e. The number of carbonyl (C=O) groups is 1. The van der Waals surface area contributed by atoms with Crippen molar-refractivity contribution in [2.45, 2.75) is 51.6 Å². The number of aromatic nitrogens is 2. The van der Waals surface area contributed by atoms with Gasteiger partial charge in [0, 0.05) is 17.9 Å². The summed E-state index contributed by atoms with van der Waals surface area (Å²) in [5.41, 5.74) is 1.31. The van der Waals surface area contributed by atoms with Crippen LogP contribution in [0.4, 0.5) is 4.79 Å². The minimum Gasteiger partial charge on any atom is -0.465 e. The van der Waals surface area contributed by atoms with Gasteiger partial charge >= 0.3 is 6.09 Å². The number of amides is 1. The first-order valence-corrected chi connectivity index (χ1v) is 6.23. The quantitative estimate of drug-likeness (QED) is 0.830. The van der Waals surface area contributed by atoms with Gasteiger partial charge in [0.05, 0.1) is 17.4 Å². The van der Waals surface area contributed by atoms with Crippen molar-refractivity contribution in [1.29, 1.82) is 0 Å². The van der Waals surface area contributed by atoms with Crippen molar-refractivity contribution in [3.8, 4) is 0 Å². The van der Waals surface area contributed by atoms with E-state index in [1.54, 1.807) is 12.4 Å². The Morgan fingerprint density at radius 1 is 1.39 bits per heavy atom. The molecule has 1 atom stereocenters. The van der Waals surface area contributed by atoms with Gasteiger partial charge in [-0.3, -0.25) is 14.9 Å². The van der Waals surface area contributed by atoms with Gasteiger partial charge in [0.2, 0.25) is 0 Å². The fraction of sp³-hybridized carbons (Fsp3) is 0.615. The molecule has 1 aromatic rings. The van der Waals surface area contributed by atoms with Gasteiger partial charge in [-0.25, -0.2) is 4.79 Å². The van der Waals surface area contributed by atoms with Crippen molar-refractivity contribution in [2.24, 2.45) is 0 Å². The minimum atomic E-state index is -0.897. The van der Waals surface area contributed by atoms with E-state index in [-0.39, 0.29) is 6.04 Å². The van der Waals surface area contributed by atoms with Crippen molar-refractivity contribution in [3.05, 3.63) is 23.8 Å². The lowest BCUT2D eigenvalue weighted by Gasteiger charge is -2.41. The maximum Gasteiger partial charge on any atom is 0.408 e. The number of rotatable bonds is 1. The average Bonchev–Trinajstić information content (AvgIpc) is 2.27. The number of carboxylic acid groups (broad SMARTS) is 1. The van der Waals surface area contributed by atoms with Crippen LogP contribution in [-0.4, -0.2) is 31.6 Å². The van der Waals surface area contributed by atoms with Crippen LogP contribution < -0.4 is 0 Å². The average molecular weight is 249 g/mol. The molecule has 0 saturated carbocycles. The summed E-state index contributed by atoms with van der Waals surface area (Å²) in [6.45, 7) is 5.73. The van der Waals surface area contributed by atoms with E-state index < -0.39 is 11.6 Å². The highest BCUT2D eigenvalue weighted by atomic mass is 16.4. The number of hydrogen-bond donors (Lipinski definition) is 1. The van der Waals surface area contributed by atoms with Crippen LogP contribution in [0.15, 0.2) is 12.4 Å². The van der Waals surface area contributed by atoms with Gasteiger partial charge in [0.15, 0.2) is 0 Å². The van der Waals surface area contributed by atoms with Gasteiger partial charge < -0.3 is 5.11 Å². The van der Waals surface area contributed by atoms with Crippen molar-refractivity contribution >= 4 is 6.09 Å². The zero-order chi connectivity index (χ0) is 13.3. The standard InChI is InChI=1S/C13H19N3O2/c1-13(2,3)16(12(17)18)10-6-4-5-9-11(10)15-8-7-14-9/h7-8,10H,4-6H2,1-3H3,(H,17,18)/t10-/m1/s1. The van der Waals surface area contributed by atoms with Gasteiger partial charge in [0.1, 0.15) is 0 Å². The zero-order valence-corrected chi connectivity index (χ0v) is 11.1. The normalized spacial score (nSPS) is 19.2. The molecule has 0 spiro atoms. The summed E-state index contributed by atoms with van der Waals surface area (Å²) in [6, 6.07) is -0.181. The molecule has 1 aliphatic carbocycles. The van der Waals surface area contributed by atoms with Crippen LogP contribution >= 0.6 is 0 Å². The summed E-state index contributed by atoms with van der Waals surface area (Å²) < 4.78 is 0. The summed E-state index contributed by atoms with van der Waals surface area (Å²) in [5, 5.41) is 9.46. The molecule has 18 heavy (non-hydrogen) atoms. The fourth-order valence-electron chi connectivity index (χ4n) is 2.59. The first kappa shape index (κ1) is 12.8. The second-order valence-corrected chi connectivity index (χ2v) is 5.62. The molecule has 0 bridgehead atoms. The molecule has 1 heterocycles. The first-order chi connectivity index (χ1) is 8.41. The third-order valence-corrected chi connectivity index (χ3v) is 3.25. The van der Waals surface area contributed by atoms with Crippen LogP contribution in [0.5, 0.6) is 0 Å². The van der Waals surface area contributed by atoms with E-state index >= 15 is 0 Å². The van der Waals surface area contributed by atoms with E-state index in [1.807, 2.05) is 20.8 Å². The summed E-state index contributed by atoms with van der Waals surface area (Å²) in [5.74, 6) is 0. The van der Waals surface area contributed by atoms with Gasteiger partial charge in [0.25, 0.3) is 0 Å². The van der Waals surface area contributed by atoms with E-state index in [4.69, 9.17) is 0 Å². The highest BCUT2D eigenvalue weighted by Crippen LogP contribution is 2.35.